The topological polar surface area (TPSA) is 70.9 Å². The maximum Gasteiger partial charge on any atom is 0.227 e. The number of furan rings is 1. The summed E-state index contributed by atoms with van der Waals surface area (Å²) in [5.74, 6) is 3.73. The molecular weight excluding hydrogens is 1000 g/mol. The van der Waals surface area contributed by atoms with E-state index >= 15 is 0 Å². The van der Waals surface area contributed by atoms with Gasteiger partial charge in [0.2, 0.25) is 5.71 Å². The van der Waals surface area contributed by atoms with Crippen molar-refractivity contribution in [2.24, 2.45) is 0 Å². The maximum atomic E-state index is 7.25. The fourth-order valence-corrected chi connectivity index (χ4v) is 12.3. The van der Waals surface area contributed by atoms with Gasteiger partial charge in [0.1, 0.15) is 28.7 Å². The monoisotopic (exact) mass is 1070 g/mol. The Morgan fingerprint density at radius 3 is 1.45 bits per heavy atom. The van der Waals surface area contributed by atoms with E-state index in [0.29, 0.717) is 22.8 Å². The smallest absolute Gasteiger partial charge is 0.227 e. The Kier molecular flexibility index (Phi) is 12.5. The van der Waals surface area contributed by atoms with Gasteiger partial charge >= 0.3 is 0 Å². The molecule has 0 saturated heterocycles. The average molecular weight is 1070 g/mol. The number of rotatable bonds is 12. The Balaban J connectivity index is 0.988. The van der Waals surface area contributed by atoms with Crippen LogP contribution in [0.25, 0.3) is 122 Å². The molecule has 0 atom stereocenters. The molecule has 0 fully saturated rings. The number of ether oxygens (including phenoxy) is 1. The minimum absolute atomic E-state index is 0.181. The van der Waals surface area contributed by atoms with E-state index in [-0.39, 0.29) is 23.7 Å². The van der Waals surface area contributed by atoms with Crippen molar-refractivity contribution in [1.82, 2.24) is 24.1 Å². The van der Waals surface area contributed by atoms with Crippen LogP contribution in [0.3, 0.4) is 0 Å². The lowest BCUT2D eigenvalue weighted by molar-refractivity contribution is 0.483. The second-order valence-electron chi connectivity index (χ2n) is 23.2. The van der Waals surface area contributed by atoms with Crippen LogP contribution in [0.15, 0.2) is 217 Å². The van der Waals surface area contributed by atoms with Crippen LogP contribution in [0.2, 0.25) is 0 Å². The highest BCUT2D eigenvalue weighted by Gasteiger charge is 2.28. The second kappa shape index (κ2) is 20.2. The number of fused-ring (bicyclic) bond motifs is 8. The summed E-state index contributed by atoms with van der Waals surface area (Å²) >= 11 is 0. The molecule has 0 aliphatic rings. The summed E-state index contributed by atoms with van der Waals surface area (Å²) in [5, 5.41) is 5.02. The van der Waals surface area contributed by atoms with Crippen molar-refractivity contribution in [3.8, 4) is 67.9 Å². The number of hydrogen-bond acceptors (Lipinski definition) is 5. The lowest BCUT2D eigenvalue weighted by Crippen LogP contribution is -2.09. The summed E-state index contributed by atoms with van der Waals surface area (Å²) in [6.45, 7) is 18.3. The molecule has 0 aliphatic carbocycles. The molecule has 10 aromatic carbocycles. The van der Waals surface area contributed by atoms with E-state index in [1.165, 1.54) is 50.2 Å². The average Bonchev–Trinajstić information content (AvgIpc) is 4.01. The van der Waals surface area contributed by atoms with Crippen LogP contribution in [-0.4, -0.2) is 24.1 Å². The highest BCUT2D eigenvalue weighted by Crippen LogP contribution is 2.47. The number of pyridine rings is 1. The van der Waals surface area contributed by atoms with Gasteiger partial charge in [0.15, 0.2) is 0 Å². The fraction of sp³-hybridized carbons (Fsp3) is 0.160. The predicted octanol–water partition coefficient (Wildman–Crippen LogP) is 20.9. The van der Waals surface area contributed by atoms with Crippen molar-refractivity contribution in [2.75, 3.05) is 0 Å². The van der Waals surface area contributed by atoms with Crippen LogP contribution < -0.4 is 4.74 Å². The normalized spacial score (nSPS) is 12.1. The zero-order valence-electron chi connectivity index (χ0n) is 47.6. The van der Waals surface area contributed by atoms with Gasteiger partial charge in [0.05, 0.1) is 44.5 Å². The number of benzene rings is 10. The third kappa shape index (κ3) is 8.62. The lowest BCUT2D eigenvalue weighted by atomic mass is 9.88. The predicted molar refractivity (Wildman–Crippen MR) is 340 cm³/mol. The Labute approximate surface area is 478 Å². The van der Waals surface area contributed by atoms with Gasteiger partial charge in [0.25, 0.3) is 0 Å². The largest absolute Gasteiger partial charge is 0.457 e. The Hall–Kier alpha value is -9.59. The number of nitrogens with zero attached hydrogens (tertiary/aromatic N) is 5. The molecule has 0 aliphatic heterocycles. The molecule has 0 radical (unpaired) electrons. The van der Waals surface area contributed by atoms with Gasteiger partial charge in [-0.05, 0) is 152 Å². The summed E-state index contributed by atoms with van der Waals surface area (Å²) in [6.07, 6.45) is 0. The summed E-state index contributed by atoms with van der Waals surface area (Å²) < 4.78 is 19.2. The van der Waals surface area contributed by atoms with Crippen molar-refractivity contribution >= 4 is 65.8 Å². The summed E-state index contributed by atoms with van der Waals surface area (Å²) in [5.41, 5.74) is 19.9. The number of hydrogen-bond donors (Lipinski definition) is 0. The molecule has 82 heavy (non-hydrogen) atoms. The molecule has 4 heterocycles. The van der Waals surface area contributed by atoms with Crippen LogP contribution >= 0.6 is 0 Å². The van der Waals surface area contributed by atoms with E-state index in [1.54, 1.807) is 0 Å². The first kappa shape index (κ1) is 50.6. The van der Waals surface area contributed by atoms with Crippen LogP contribution in [-0.2, 0) is 0 Å². The first-order chi connectivity index (χ1) is 39.9. The molecule has 400 valence electrons. The standard InChI is InChI=1S/C75H63N5O2/c1-44(2)58-38-53(48-22-11-9-12-23-48)39-59(45(3)4)70(58)79-67-32-19-17-30-65(67)76-73(79)52-27-21-28-55(36-52)81-56-42-62-63-37-51-35-34-50-26-15-16-29-57(50)69(51)78-75(63)82-72(62)64(43-56)74-77-66-31-18-20-33-68(66)80(74)71-60(46(5)6)40-54(41-61(71)47(7)8)49-24-13-10-14-25-49/h9-47H,1-8H3. The SMILES string of the molecule is CC(C)c1cc(-c2ccccc2)cc(C(C)C)c1-n1c(-c2cccc(Oc3cc(-c4nc5ccccc5n4-c4c(C(C)C)cc(-c5ccccc5)cc4C(C)C)c4oc5nc6c(ccc7ccccc76)cc5c4c3)c2)nc2ccccc21. The van der Waals surface area contributed by atoms with Gasteiger partial charge in [-0.25, -0.2) is 15.0 Å². The Morgan fingerprint density at radius 1 is 0.366 bits per heavy atom. The van der Waals surface area contributed by atoms with Crippen molar-refractivity contribution in [1.29, 1.82) is 0 Å². The minimum atomic E-state index is 0.181. The molecule has 14 aromatic rings. The van der Waals surface area contributed by atoms with Crippen LogP contribution in [0.4, 0.5) is 0 Å². The molecular formula is C75H63N5O2. The molecule has 0 amide bonds. The van der Waals surface area contributed by atoms with E-state index in [0.717, 1.165) is 83.0 Å². The molecule has 14 rings (SSSR count). The minimum Gasteiger partial charge on any atom is -0.457 e. The van der Waals surface area contributed by atoms with Gasteiger partial charge < -0.3 is 9.15 Å². The first-order valence-corrected chi connectivity index (χ1v) is 28.9. The van der Waals surface area contributed by atoms with Crippen molar-refractivity contribution in [2.45, 2.75) is 79.1 Å². The van der Waals surface area contributed by atoms with Gasteiger partial charge in [0, 0.05) is 27.1 Å². The molecule has 0 saturated carbocycles. The maximum absolute atomic E-state index is 7.25. The summed E-state index contributed by atoms with van der Waals surface area (Å²) in [6, 6.07) is 75.5. The highest BCUT2D eigenvalue weighted by atomic mass is 16.5. The molecule has 0 bridgehead atoms. The first-order valence-electron chi connectivity index (χ1n) is 28.9. The van der Waals surface area contributed by atoms with Gasteiger partial charge in [-0.15, -0.1) is 0 Å². The summed E-state index contributed by atoms with van der Waals surface area (Å²) in [7, 11) is 0. The van der Waals surface area contributed by atoms with Gasteiger partial charge in [-0.3, -0.25) is 9.13 Å². The molecule has 0 unspecified atom stereocenters. The zero-order valence-corrected chi connectivity index (χ0v) is 47.6. The molecule has 7 nitrogen and oxygen atoms in total. The highest BCUT2D eigenvalue weighted by molar-refractivity contribution is 6.15. The number of aromatic nitrogens is 5. The second-order valence-corrected chi connectivity index (χ2v) is 23.2. The molecule has 0 N–H and O–H groups in total. The zero-order chi connectivity index (χ0) is 55.9. The van der Waals surface area contributed by atoms with E-state index in [1.807, 2.05) is 6.07 Å². The van der Waals surface area contributed by atoms with Crippen molar-refractivity contribution in [3.05, 3.63) is 235 Å². The van der Waals surface area contributed by atoms with Crippen LogP contribution in [0, 0.1) is 0 Å². The third-order valence-electron chi connectivity index (χ3n) is 16.4. The van der Waals surface area contributed by atoms with Crippen molar-refractivity contribution in [3.63, 3.8) is 0 Å². The number of imidazole rings is 2. The quantitative estimate of drug-likeness (QED) is 0.114. The van der Waals surface area contributed by atoms with E-state index in [2.05, 4.69) is 271 Å². The van der Waals surface area contributed by atoms with Crippen LogP contribution in [0.5, 0.6) is 11.5 Å². The van der Waals surface area contributed by atoms with Gasteiger partial charge in [-0.2, -0.15) is 0 Å². The molecule has 0 spiro atoms. The number of para-hydroxylation sites is 4. The summed E-state index contributed by atoms with van der Waals surface area (Å²) in [4.78, 5) is 16.4. The van der Waals surface area contributed by atoms with Gasteiger partial charge in [-0.1, -0.05) is 189 Å². The van der Waals surface area contributed by atoms with E-state index < -0.39 is 0 Å². The van der Waals surface area contributed by atoms with E-state index in [9.17, 15) is 0 Å². The van der Waals surface area contributed by atoms with E-state index in [4.69, 9.17) is 24.1 Å². The third-order valence-corrected chi connectivity index (χ3v) is 16.4. The van der Waals surface area contributed by atoms with Crippen LogP contribution in [0.1, 0.15) is 101 Å². The Bertz CT molecular complexity index is 4730. The molecule has 4 aromatic heterocycles. The fourth-order valence-electron chi connectivity index (χ4n) is 12.3. The van der Waals surface area contributed by atoms with Crippen molar-refractivity contribution < 1.29 is 9.15 Å². The Morgan fingerprint density at radius 2 is 0.866 bits per heavy atom. The molecule has 7 heteroatoms. The lowest BCUT2D eigenvalue weighted by Gasteiger charge is -2.24.